The molecule has 0 saturated heterocycles. The summed E-state index contributed by atoms with van der Waals surface area (Å²) in [5.74, 6) is -0.417. The lowest BCUT2D eigenvalue weighted by atomic mass is 9.90. The third kappa shape index (κ3) is 6.64. The lowest BCUT2D eigenvalue weighted by molar-refractivity contribution is -0.123. The van der Waals surface area contributed by atoms with Crippen LogP contribution in [0.25, 0.3) is 33.4 Å². The Hall–Kier alpha value is -4.90. The number of phenols is 1. The highest BCUT2D eigenvalue weighted by Crippen LogP contribution is 2.42. The van der Waals surface area contributed by atoms with E-state index in [1.165, 1.54) is 30.3 Å². The lowest BCUT2D eigenvalue weighted by Gasteiger charge is -2.18. The van der Waals surface area contributed by atoms with Crippen molar-refractivity contribution >= 4 is 28.8 Å². The summed E-state index contributed by atoms with van der Waals surface area (Å²) >= 11 is 0. The molecule has 1 aliphatic heterocycles. The standard InChI is InChI=1S/C30H33N5O6/c1-31-24(5-4-12-34-30(32-2)33-3)28(38)35-16-17-6-9-20(23(13-17)29(39)40)27-21-10-7-18(36)14-25(21)41-26-15-19(37)8-11-22(26)27/h6-11,13-15,24,31,36H,4-5,12,16H2,1-3H3,(H,35,38)(H,39,40)(H2,32,33,34)/t24-/m0/s1. The van der Waals surface area contributed by atoms with Gasteiger partial charge in [-0.2, -0.15) is 0 Å². The number of aliphatic imine (C=N–C) groups is 1. The summed E-state index contributed by atoms with van der Waals surface area (Å²) in [5, 5.41) is 32.7. The first-order valence-corrected chi connectivity index (χ1v) is 13.1. The average Bonchev–Trinajstić information content (AvgIpc) is 2.96. The molecule has 1 atom stereocenters. The molecule has 41 heavy (non-hydrogen) atoms. The maximum atomic E-state index is 12.8. The Morgan fingerprint density at radius 3 is 2.49 bits per heavy atom. The number of carboxylic acid groups (broad SMARTS) is 1. The summed E-state index contributed by atoms with van der Waals surface area (Å²) in [6.07, 6.45) is 1.32. The predicted molar refractivity (Wildman–Crippen MR) is 158 cm³/mol. The molecule has 0 spiro atoms. The van der Waals surface area contributed by atoms with E-state index < -0.39 is 12.0 Å². The number of benzene rings is 3. The number of carbonyl (C=O) groups is 2. The normalized spacial score (nSPS) is 12.3. The van der Waals surface area contributed by atoms with Crippen molar-refractivity contribution in [2.45, 2.75) is 25.4 Å². The largest absolute Gasteiger partial charge is 0.508 e. The van der Waals surface area contributed by atoms with Crippen LogP contribution in [0.1, 0.15) is 28.8 Å². The molecule has 0 bridgehead atoms. The molecular formula is C30H33N5O6. The zero-order valence-corrected chi connectivity index (χ0v) is 23.1. The van der Waals surface area contributed by atoms with Gasteiger partial charge in [-0.15, -0.1) is 0 Å². The summed E-state index contributed by atoms with van der Waals surface area (Å²) in [4.78, 5) is 41.3. The SMILES string of the molecule is C/N=C(\NC)NCCC[C@H](NC)C(=O)NCc1ccc(-c2c3ccc(=O)cc-3oc3cc(O)ccc23)c(C(=O)O)c1. The molecule has 2 aliphatic rings. The maximum absolute atomic E-state index is 12.8. The van der Waals surface area contributed by atoms with Crippen LogP contribution in [0.3, 0.4) is 0 Å². The molecule has 2 aromatic carbocycles. The summed E-state index contributed by atoms with van der Waals surface area (Å²) in [6.45, 7) is 0.787. The van der Waals surface area contributed by atoms with Crippen LogP contribution >= 0.6 is 0 Å². The number of fused-ring (bicyclic) bond motifs is 2. The van der Waals surface area contributed by atoms with E-state index in [-0.39, 0.29) is 35.0 Å². The van der Waals surface area contributed by atoms with Gasteiger partial charge in [0.1, 0.15) is 17.1 Å². The number of hydrogen-bond acceptors (Lipinski definition) is 7. The molecule has 0 aromatic heterocycles. The number of hydrogen-bond donors (Lipinski definition) is 6. The molecule has 11 nitrogen and oxygen atoms in total. The number of carbonyl (C=O) groups excluding carboxylic acids is 1. The summed E-state index contributed by atoms with van der Waals surface area (Å²) < 4.78 is 5.88. The van der Waals surface area contributed by atoms with Gasteiger partial charge in [0.05, 0.1) is 11.6 Å². The first kappa shape index (κ1) is 29.1. The van der Waals surface area contributed by atoms with Crippen LogP contribution in [-0.4, -0.2) is 61.8 Å². The smallest absolute Gasteiger partial charge is 0.336 e. The lowest BCUT2D eigenvalue weighted by Crippen LogP contribution is -2.43. The van der Waals surface area contributed by atoms with E-state index in [9.17, 15) is 24.6 Å². The molecule has 2 aromatic rings. The zero-order chi connectivity index (χ0) is 29.5. The topological polar surface area (TPSA) is 165 Å². The minimum Gasteiger partial charge on any atom is -0.508 e. The fourth-order valence-corrected chi connectivity index (χ4v) is 4.76. The van der Waals surface area contributed by atoms with Crippen molar-refractivity contribution < 1.29 is 24.2 Å². The minimum absolute atomic E-state index is 0.0250. The molecule has 6 N–H and O–H groups in total. The number of carboxylic acids is 1. The number of nitrogens with one attached hydrogen (secondary N) is 4. The van der Waals surface area contributed by atoms with Gasteiger partial charge < -0.3 is 35.9 Å². The van der Waals surface area contributed by atoms with Crippen molar-refractivity contribution in [1.29, 1.82) is 0 Å². The van der Waals surface area contributed by atoms with Gasteiger partial charge in [-0.3, -0.25) is 14.6 Å². The van der Waals surface area contributed by atoms with Gasteiger partial charge in [-0.05, 0) is 61.3 Å². The number of amides is 1. The Labute approximate surface area is 236 Å². The molecule has 214 valence electrons. The van der Waals surface area contributed by atoms with Crippen LogP contribution in [0.15, 0.2) is 68.8 Å². The van der Waals surface area contributed by atoms with E-state index in [1.54, 1.807) is 45.4 Å². The first-order valence-electron chi connectivity index (χ1n) is 13.1. The van der Waals surface area contributed by atoms with Gasteiger partial charge >= 0.3 is 5.97 Å². The molecule has 0 saturated carbocycles. The number of nitrogens with zero attached hydrogens (tertiary/aromatic N) is 1. The third-order valence-corrected chi connectivity index (χ3v) is 6.81. The molecule has 0 fully saturated rings. The first-order chi connectivity index (χ1) is 19.7. The van der Waals surface area contributed by atoms with Gasteiger partial charge in [0.2, 0.25) is 5.91 Å². The quantitative estimate of drug-likeness (QED) is 0.0741. The summed E-state index contributed by atoms with van der Waals surface area (Å²) in [5.41, 5.74) is 2.23. The number of aromatic hydroxyl groups is 1. The highest BCUT2D eigenvalue weighted by Gasteiger charge is 2.23. The van der Waals surface area contributed by atoms with Crippen LogP contribution < -0.4 is 26.7 Å². The molecule has 0 radical (unpaired) electrons. The predicted octanol–water partition coefficient (Wildman–Crippen LogP) is 2.75. The van der Waals surface area contributed by atoms with Gasteiger partial charge in [-0.25, -0.2) is 4.79 Å². The number of likely N-dealkylation sites (N-methyl/N-ethyl adjacent to an activating group) is 1. The Morgan fingerprint density at radius 1 is 1.00 bits per heavy atom. The van der Waals surface area contributed by atoms with E-state index in [2.05, 4.69) is 26.3 Å². The Kier molecular flexibility index (Phi) is 9.20. The summed E-state index contributed by atoms with van der Waals surface area (Å²) in [7, 11) is 5.18. The van der Waals surface area contributed by atoms with E-state index in [0.29, 0.717) is 52.1 Å². The Balaban J connectivity index is 1.58. The van der Waals surface area contributed by atoms with Gasteiger partial charge in [-0.1, -0.05) is 12.1 Å². The molecule has 4 rings (SSSR count). The molecule has 1 heterocycles. The van der Waals surface area contributed by atoms with Gasteiger partial charge in [0, 0.05) is 55.8 Å². The van der Waals surface area contributed by atoms with Crippen LogP contribution in [-0.2, 0) is 11.3 Å². The molecule has 0 unspecified atom stereocenters. The Bertz CT molecular complexity index is 1630. The van der Waals surface area contributed by atoms with Crippen LogP contribution in [0, 0.1) is 0 Å². The van der Waals surface area contributed by atoms with E-state index in [1.807, 2.05) is 0 Å². The second kappa shape index (κ2) is 13.0. The van der Waals surface area contributed by atoms with Crippen molar-refractivity contribution in [1.82, 2.24) is 21.3 Å². The third-order valence-electron chi connectivity index (χ3n) is 6.81. The molecule has 11 heteroatoms. The fourth-order valence-electron chi connectivity index (χ4n) is 4.76. The van der Waals surface area contributed by atoms with Gasteiger partial charge in [0.15, 0.2) is 11.4 Å². The van der Waals surface area contributed by atoms with Crippen molar-refractivity contribution in [2.24, 2.45) is 4.99 Å². The van der Waals surface area contributed by atoms with Crippen molar-refractivity contribution in [3.05, 3.63) is 75.9 Å². The zero-order valence-electron chi connectivity index (χ0n) is 23.1. The van der Waals surface area contributed by atoms with Crippen LogP contribution in [0.5, 0.6) is 5.75 Å². The maximum Gasteiger partial charge on any atom is 0.336 e. The number of guanidine groups is 1. The second-order valence-electron chi connectivity index (χ2n) is 9.45. The van der Waals surface area contributed by atoms with E-state index in [4.69, 9.17) is 4.42 Å². The summed E-state index contributed by atoms with van der Waals surface area (Å²) in [6, 6.07) is 13.4. The average molecular weight is 560 g/mol. The second-order valence-corrected chi connectivity index (χ2v) is 9.45. The highest BCUT2D eigenvalue weighted by atomic mass is 16.4. The monoisotopic (exact) mass is 559 g/mol. The van der Waals surface area contributed by atoms with E-state index in [0.717, 1.165) is 6.42 Å². The van der Waals surface area contributed by atoms with Crippen LogP contribution in [0.4, 0.5) is 0 Å². The van der Waals surface area contributed by atoms with Crippen LogP contribution in [0.2, 0.25) is 0 Å². The molecular weight excluding hydrogens is 526 g/mol. The molecule has 1 amide bonds. The number of aromatic carboxylic acids is 1. The van der Waals surface area contributed by atoms with E-state index >= 15 is 0 Å². The minimum atomic E-state index is -1.15. The van der Waals surface area contributed by atoms with Crippen molar-refractivity contribution in [2.75, 3.05) is 27.7 Å². The van der Waals surface area contributed by atoms with Crippen molar-refractivity contribution in [3.63, 3.8) is 0 Å². The van der Waals surface area contributed by atoms with Gasteiger partial charge in [0.25, 0.3) is 0 Å². The highest BCUT2D eigenvalue weighted by molar-refractivity contribution is 6.07. The fraction of sp³-hybridized carbons (Fsp3) is 0.267. The molecule has 1 aliphatic carbocycles. The number of rotatable bonds is 10. The number of phenolic OH excluding ortho intramolecular Hbond substituents is 1. The Morgan fingerprint density at radius 2 is 1.78 bits per heavy atom. The van der Waals surface area contributed by atoms with Crippen molar-refractivity contribution in [3.8, 4) is 28.2 Å².